The Labute approximate surface area is 169 Å². The van der Waals surface area contributed by atoms with E-state index in [1.807, 2.05) is 24.3 Å². The van der Waals surface area contributed by atoms with Crippen molar-refractivity contribution in [2.45, 2.75) is 38.1 Å². The number of nitrogens with zero attached hydrogens (tertiary/aromatic N) is 3. The molecular weight excluding hydrogens is 368 g/mol. The van der Waals surface area contributed by atoms with Crippen LogP contribution in [0.15, 0.2) is 47.4 Å². The van der Waals surface area contributed by atoms with E-state index < -0.39 is 6.04 Å². The molecule has 1 fully saturated rings. The first-order valence-corrected chi connectivity index (χ1v) is 10.2. The van der Waals surface area contributed by atoms with Gasteiger partial charge in [-0.05, 0) is 37.5 Å². The maximum absolute atomic E-state index is 13.1. The van der Waals surface area contributed by atoms with Crippen LogP contribution < -0.4 is 10.9 Å². The first kappa shape index (κ1) is 19.4. The summed E-state index contributed by atoms with van der Waals surface area (Å²) in [7, 11) is 0. The van der Waals surface area contributed by atoms with Crippen LogP contribution in [0.2, 0.25) is 0 Å². The van der Waals surface area contributed by atoms with E-state index in [-0.39, 0.29) is 29.2 Å². The van der Waals surface area contributed by atoms with E-state index in [1.54, 1.807) is 28.7 Å². The number of carbonyl (C=O) groups excluding carboxylic acids is 2. The normalized spacial score (nSPS) is 22.7. The predicted octanol–water partition coefficient (Wildman–Crippen LogP) is 1.50. The zero-order chi connectivity index (χ0) is 20.4. The van der Waals surface area contributed by atoms with Crippen LogP contribution in [0.3, 0.4) is 0 Å². The first-order valence-electron chi connectivity index (χ1n) is 10.2. The van der Waals surface area contributed by atoms with Gasteiger partial charge in [-0.25, -0.2) is 0 Å². The molecule has 0 saturated carbocycles. The van der Waals surface area contributed by atoms with Gasteiger partial charge in [0.15, 0.2) is 0 Å². The van der Waals surface area contributed by atoms with Gasteiger partial charge in [0.2, 0.25) is 11.8 Å². The fourth-order valence-electron chi connectivity index (χ4n) is 4.66. The van der Waals surface area contributed by atoms with E-state index in [1.165, 1.54) is 6.07 Å². The van der Waals surface area contributed by atoms with Gasteiger partial charge in [0, 0.05) is 62.0 Å². The number of aromatic nitrogens is 2. The number of piperidine rings is 1. The smallest absolute Gasteiger partial charge is 0.251 e. The largest absolute Gasteiger partial charge is 0.354 e. The lowest BCUT2D eigenvalue weighted by Gasteiger charge is -2.46. The molecule has 4 rings (SSSR count). The predicted molar refractivity (Wildman–Crippen MR) is 108 cm³/mol. The molecule has 2 aliphatic heterocycles. The quantitative estimate of drug-likeness (QED) is 0.779. The van der Waals surface area contributed by atoms with Crippen molar-refractivity contribution in [1.29, 1.82) is 0 Å². The number of nitrogens with one attached hydrogen (secondary N) is 1. The molecular formula is C22H26N4O3. The summed E-state index contributed by atoms with van der Waals surface area (Å²) in [5.41, 5.74) is 1.70. The summed E-state index contributed by atoms with van der Waals surface area (Å²) in [5.74, 6) is -0.0869. The molecule has 0 unspecified atom stereocenters. The van der Waals surface area contributed by atoms with Crippen molar-refractivity contribution in [3.63, 3.8) is 0 Å². The minimum Gasteiger partial charge on any atom is -0.354 e. The summed E-state index contributed by atoms with van der Waals surface area (Å²) in [4.78, 5) is 43.8. The lowest BCUT2D eigenvalue weighted by molar-refractivity contribution is -0.135. The van der Waals surface area contributed by atoms with Gasteiger partial charge in [-0.3, -0.25) is 23.9 Å². The minimum atomic E-state index is -0.577. The molecule has 2 bridgehead atoms. The van der Waals surface area contributed by atoms with Gasteiger partial charge < -0.3 is 10.2 Å². The van der Waals surface area contributed by atoms with Gasteiger partial charge >= 0.3 is 0 Å². The number of aryl methyl sites for hydroxylation is 1. The SMILES string of the molecule is CC(=O)N1C[C@H]2C[C@@H](C1)[C@H](C(=O)NCCCc1ccccn1)n1c2cccc1=O. The van der Waals surface area contributed by atoms with Crippen LogP contribution in [0, 0.1) is 5.92 Å². The van der Waals surface area contributed by atoms with Gasteiger partial charge in [-0.1, -0.05) is 12.1 Å². The van der Waals surface area contributed by atoms with Crippen LogP contribution in [0.1, 0.15) is 43.1 Å². The Balaban J connectivity index is 1.50. The molecule has 1 saturated heterocycles. The molecule has 1 N–H and O–H groups in total. The molecule has 7 heteroatoms. The molecule has 2 aromatic heterocycles. The zero-order valence-corrected chi connectivity index (χ0v) is 16.6. The van der Waals surface area contributed by atoms with Crippen molar-refractivity contribution in [2.24, 2.45) is 5.92 Å². The molecule has 4 heterocycles. The fourth-order valence-corrected chi connectivity index (χ4v) is 4.66. The Kier molecular flexibility index (Phi) is 5.47. The minimum absolute atomic E-state index is 0.0148. The average molecular weight is 394 g/mol. The highest BCUT2D eigenvalue weighted by Gasteiger charge is 2.44. The average Bonchev–Trinajstić information content (AvgIpc) is 2.72. The highest BCUT2D eigenvalue weighted by Crippen LogP contribution is 2.41. The number of rotatable bonds is 5. The molecule has 0 aliphatic carbocycles. The maximum atomic E-state index is 13.1. The van der Waals surface area contributed by atoms with Crippen LogP contribution in [0.25, 0.3) is 0 Å². The molecule has 2 amide bonds. The van der Waals surface area contributed by atoms with Crippen molar-refractivity contribution in [3.8, 4) is 0 Å². The summed E-state index contributed by atoms with van der Waals surface area (Å²) >= 11 is 0. The van der Waals surface area contributed by atoms with E-state index >= 15 is 0 Å². The van der Waals surface area contributed by atoms with E-state index in [2.05, 4.69) is 10.3 Å². The van der Waals surface area contributed by atoms with Crippen molar-refractivity contribution < 1.29 is 9.59 Å². The van der Waals surface area contributed by atoms with Crippen molar-refractivity contribution >= 4 is 11.8 Å². The zero-order valence-electron chi connectivity index (χ0n) is 16.6. The summed E-state index contributed by atoms with van der Waals surface area (Å²) in [5, 5.41) is 3.01. The Hall–Kier alpha value is -2.96. The van der Waals surface area contributed by atoms with Crippen molar-refractivity contribution in [1.82, 2.24) is 19.8 Å². The van der Waals surface area contributed by atoms with Crippen LogP contribution in [0.4, 0.5) is 0 Å². The molecule has 3 atom stereocenters. The third kappa shape index (κ3) is 3.95. The lowest BCUT2D eigenvalue weighted by Crippen LogP contribution is -2.54. The number of hydrogen-bond acceptors (Lipinski definition) is 4. The summed E-state index contributed by atoms with van der Waals surface area (Å²) in [6.07, 6.45) is 4.14. The molecule has 29 heavy (non-hydrogen) atoms. The summed E-state index contributed by atoms with van der Waals surface area (Å²) in [6, 6.07) is 10.4. The Morgan fingerprint density at radius 3 is 2.79 bits per heavy atom. The summed E-state index contributed by atoms with van der Waals surface area (Å²) in [6.45, 7) is 3.20. The monoisotopic (exact) mass is 394 g/mol. The van der Waals surface area contributed by atoms with E-state index in [4.69, 9.17) is 0 Å². The van der Waals surface area contributed by atoms with Crippen LogP contribution in [-0.2, 0) is 16.0 Å². The molecule has 2 aromatic rings. The molecule has 2 aliphatic rings. The Morgan fingerprint density at radius 1 is 1.17 bits per heavy atom. The number of carbonyl (C=O) groups is 2. The number of amides is 2. The maximum Gasteiger partial charge on any atom is 0.251 e. The second kappa shape index (κ2) is 8.19. The van der Waals surface area contributed by atoms with Crippen molar-refractivity contribution in [2.75, 3.05) is 19.6 Å². The molecule has 0 aromatic carbocycles. The van der Waals surface area contributed by atoms with Gasteiger partial charge in [0.1, 0.15) is 6.04 Å². The summed E-state index contributed by atoms with van der Waals surface area (Å²) < 4.78 is 1.66. The van der Waals surface area contributed by atoms with Gasteiger partial charge in [-0.15, -0.1) is 0 Å². The lowest BCUT2D eigenvalue weighted by atomic mass is 9.78. The van der Waals surface area contributed by atoms with E-state index in [0.717, 1.165) is 30.7 Å². The van der Waals surface area contributed by atoms with E-state index in [0.29, 0.717) is 19.6 Å². The van der Waals surface area contributed by atoms with Crippen LogP contribution in [0.5, 0.6) is 0 Å². The fraction of sp³-hybridized carbons (Fsp3) is 0.455. The second-order valence-electron chi connectivity index (χ2n) is 7.94. The van der Waals surface area contributed by atoms with Crippen LogP contribution in [-0.4, -0.2) is 45.9 Å². The topological polar surface area (TPSA) is 84.3 Å². The number of hydrogen-bond donors (Lipinski definition) is 1. The van der Waals surface area contributed by atoms with Crippen LogP contribution >= 0.6 is 0 Å². The molecule has 0 spiro atoms. The third-order valence-electron chi connectivity index (χ3n) is 6.00. The number of likely N-dealkylation sites (tertiary alicyclic amines) is 1. The Morgan fingerprint density at radius 2 is 2.03 bits per heavy atom. The van der Waals surface area contributed by atoms with Gasteiger partial charge in [0.05, 0.1) is 0 Å². The van der Waals surface area contributed by atoms with Gasteiger partial charge in [-0.2, -0.15) is 0 Å². The highest BCUT2D eigenvalue weighted by atomic mass is 16.2. The number of fused-ring (bicyclic) bond motifs is 4. The molecule has 0 radical (unpaired) electrons. The molecule has 7 nitrogen and oxygen atoms in total. The highest BCUT2D eigenvalue weighted by molar-refractivity contribution is 5.81. The number of pyridine rings is 2. The second-order valence-corrected chi connectivity index (χ2v) is 7.94. The van der Waals surface area contributed by atoms with Gasteiger partial charge in [0.25, 0.3) is 5.56 Å². The first-order chi connectivity index (χ1) is 14.0. The van der Waals surface area contributed by atoms with Crippen molar-refractivity contribution in [3.05, 3.63) is 64.3 Å². The van der Waals surface area contributed by atoms with E-state index in [9.17, 15) is 14.4 Å². The molecule has 152 valence electrons. The Bertz CT molecular complexity index is 956. The third-order valence-corrected chi connectivity index (χ3v) is 6.00. The standard InChI is InChI=1S/C22H26N4O3/c1-15(27)25-13-16-12-17(14-25)21(26-19(16)8-4-9-20(26)28)22(29)24-11-5-7-18-6-2-3-10-23-18/h2-4,6,8-10,16-17,21H,5,7,11-14H2,1H3,(H,24,29)/t16-,17+,21-/m1/s1.